The van der Waals surface area contributed by atoms with Gasteiger partial charge in [0.2, 0.25) is 0 Å². The van der Waals surface area contributed by atoms with Gasteiger partial charge in [-0.2, -0.15) is 0 Å². The Bertz CT molecular complexity index is 207. The number of hydrogen-bond acceptors (Lipinski definition) is 5. The van der Waals surface area contributed by atoms with E-state index in [1.54, 1.807) is 18.0 Å². The molecule has 0 aliphatic heterocycles. The summed E-state index contributed by atoms with van der Waals surface area (Å²) >= 11 is 0. The number of nitrogens with zero attached hydrogens (tertiary/aromatic N) is 4. The fourth-order valence-corrected chi connectivity index (χ4v) is 0.541. The maximum absolute atomic E-state index is 4.56. The monoisotopic (exact) mass is 155 g/mol. The lowest BCUT2D eigenvalue weighted by Crippen LogP contribution is -2.02. The van der Waals surface area contributed by atoms with Gasteiger partial charge in [0.25, 0.3) is 0 Å². The highest BCUT2D eigenvalue weighted by molar-refractivity contribution is 4.75. The Morgan fingerprint density at radius 1 is 1.73 bits per heavy atom. The van der Waals surface area contributed by atoms with Gasteiger partial charge in [0, 0.05) is 6.20 Å². The van der Waals surface area contributed by atoms with E-state index >= 15 is 0 Å². The maximum Gasteiger partial charge on any atom is 0.138 e. The molecule has 1 rings (SSSR count). The normalized spacial score (nSPS) is 10.6. The molecule has 0 saturated carbocycles. The highest BCUT2D eigenvalue weighted by Crippen LogP contribution is 1.78. The van der Waals surface area contributed by atoms with Gasteiger partial charge in [-0.1, -0.05) is 0 Å². The van der Waals surface area contributed by atoms with Crippen molar-refractivity contribution in [1.29, 1.82) is 0 Å². The Labute approximate surface area is 63.8 Å². The predicted octanol–water partition coefficient (Wildman–Crippen LogP) is -0.662. The van der Waals surface area contributed by atoms with Crippen LogP contribution in [-0.2, 0) is 11.4 Å². The minimum absolute atomic E-state index is 0.628. The van der Waals surface area contributed by atoms with Crippen LogP contribution in [0.4, 0.5) is 0 Å². The number of hydrogen-bond donors (Lipinski definition) is 1. The van der Waals surface area contributed by atoms with Gasteiger partial charge in [0.15, 0.2) is 0 Å². The Balaban J connectivity index is 2.23. The van der Waals surface area contributed by atoms with Gasteiger partial charge < -0.3 is 0 Å². The molecule has 0 spiro atoms. The average Bonchev–Trinajstić information content (AvgIpc) is 2.50. The summed E-state index contributed by atoms with van der Waals surface area (Å²) in [4.78, 5) is 4.56. The molecule has 0 bridgehead atoms. The molecule has 0 amide bonds. The van der Waals surface area contributed by atoms with E-state index in [9.17, 15) is 0 Å². The van der Waals surface area contributed by atoms with E-state index in [4.69, 9.17) is 0 Å². The third kappa shape index (κ3) is 2.76. The number of allylic oxidation sites excluding steroid dienone is 1. The van der Waals surface area contributed by atoms with Crippen molar-refractivity contribution in [2.75, 3.05) is 7.11 Å². The van der Waals surface area contributed by atoms with E-state index in [2.05, 4.69) is 25.8 Å². The summed E-state index contributed by atoms with van der Waals surface area (Å²) in [5.74, 6) is 0. The molecule has 0 fully saturated rings. The van der Waals surface area contributed by atoms with Crippen molar-refractivity contribution in [2.45, 2.75) is 6.54 Å². The molecule has 6 nitrogen and oxygen atoms in total. The molecule has 6 heteroatoms. The van der Waals surface area contributed by atoms with E-state index in [0.29, 0.717) is 6.54 Å². The zero-order chi connectivity index (χ0) is 7.94. The van der Waals surface area contributed by atoms with Gasteiger partial charge in [-0.05, 0) is 16.5 Å². The van der Waals surface area contributed by atoms with Crippen molar-refractivity contribution in [1.82, 2.24) is 25.7 Å². The second kappa shape index (κ2) is 4.40. The van der Waals surface area contributed by atoms with Crippen LogP contribution in [-0.4, -0.2) is 27.3 Å². The molecule has 0 unspecified atom stereocenters. The van der Waals surface area contributed by atoms with Gasteiger partial charge in [0.1, 0.15) is 6.33 Å². The van der Waals surface area contributed by atoms with Crippen molar-refractivity contribution in [3.63, 3.8) is 0 Å². The van der Waals surface area contributed by atoms with Crippen LogP contribution in [0.2, 0.25) is 0 Å². The first-order valence-electron chi connectivity index (χ1n) is 3.08. The summed E-state index contributed by atoms with van der Waals surface area (Å²) in [6.45, 7) is 0.628. The van der Waals surface area contributed by atoms with Crippen molar-refractivity contribution >= 4 is 0 Å². The van der Waals surface area contributed by atoms with Crippen LogP contribution in [0.5, 0.6) is 0 Å². The molecule has 1 N–H and O–H groups in total. The Hall–Kier alpha value is -1.43. The standard InChI is InChI=1S/C5H9N5O/c1-11-7-3-2-4-10-5-6-8-9-10/h2-3,5,7H,4H2,1H3/b3-2-. The summed E-state index contributed by atoms with van der Waals surface area (Å²) in [6.07, 6.45) is 5.04. The molecule has 60 valence electrons. The summed E-state index contributed by atoms with van der Waals surface area (Å²) in [7, 11) is 1.54. The average molecular weight is 155 g/mol. The minimum atomic E-state index is 0.628. The molecule has 0 aliphatic rings. The van der Waals surface area contributed by atoms with Gasteiger partial charge in [-0.15, -0.1) is 5.10 Å². The summed E-state index contributed by atoms with van der Waals surface area (Å²) in [5.41, 5.74) is 2.55. The molecule has 0 aromatic carbocycles. The fourth-order valence-electron chi connectivity index (χ4n) is 0.541. The van der Waals surface area contributed by atoms with Crippen molar-refractivity contribution in [3.05, 3.63) is 18.6 Å². The first-order chi connectivity index (χ1) is 5.43. The maximum atomic E-state index is 4.56. The molecule has 0 atom stereocenters. The van der Waals surface area contributed by atoms with Gasteiger partial charge in [-0.25, -0.2) is 4.68 Å². The first kappa shape index (κ1) is 7.67. The van der Waals surface area contributed by atoms with Crippen molar-refractivity contribution < 1.29 is 4.84 Å². The zero-order valence-corrected chi connectivity index (χ0v) is 6.14. The van der Waals surface area contributed by atoms with Crippen LogP contribution < -0.4 is 5.48 Å². The smallest absolute Gasteiger partial charge is 0.138 e. The Kier molecular flexibility index (Phi) is 3.07. The lowest BCUT2D eigenvalue weighted by Gasteiger charge is -1.92. The zero-order valence-electron chi connectivity index (χ0n) is 6.14. The number of tetrazole rings is 1. The van der Waals surface area contributed by atoms with E-state index in [1.807, 2.05) is 6.08 Å². The van der Waals surface area contributed by atoms with Crippen molar-refractivity contribution in [3.8, 4) is 0 Å². The molecule has 1 aromatic heterocycles. The van der Waals surface area contributed by atoms with Crippen LogP contribution in [0.3, 0.4) is 0 Å². The van der Waals surface area contributed by atoms with Crippen LogP contribution in [0.15, 0.2) is 18.6 Å². The number of rotatable bonds is 4. The van der Waals surface area contributed by atoms with Gasteiger partial charge in [-0.3, -0.25) is 10.3 Å². The molecule has 0 radical (unpaired) electrons. The quantitative estimate of drug-likeness (QED) is 0.584. The molecule has 0 saturated heterocycles. The first-order valence-corrected chi connectivity index (χ1v) is 3.08. The topological polar surface area (TPSA) is 64.9 Å². The highest BCUT2D eigenvalue weighted by atomic mass is 16.6. The van der Waals surface area contributed by atoms with Crippen LogP contribution in [0.1, 0.15) is 0 Å². The second-order valence-corrected chi connectivity index (χ2v) is 1.76. The van der Waals surface area contributed by atoms with Crippen LogP contribution in [0.25, 0.3) is 0 Å². The van der Waals surface area contributed by atoms with E-state index in [-0.39, 0.29) is 0 Å². The SMILES string of the molecule is CON/C=C\Cn1cnnn1. The van der Waals surface area contributed by atoms with E-state index in [1.165, 1.54) is 6.33 Å². The summed E-state index contributed by atoms with van der Waals surface area (Å²) in [6, 6.07) is 0. The van der Waals surface area contributed by atoms with Gasteiger partial charge >= 0.3 is 0 Å². The third-order valence-electron chi connectivity index (χ3n) is 0.988. The van der Waals surface area contributed by atoms with Crippen LogP contribution in [0, 0.1) is 0 Å². The summed E-state index contributed by atoms with van der Waals surface area (Å²) in [5, 5.41) is 10.6. The Morgan fingerprint density at radius 3 is 3.27 bits per heavy atom. The molecule has 0 aliphatic carbocycles. The molecule has 11 heavy (non-hydrogen) atoms. The second-order valence-electron chi connectivity index (χ2n) is 1.76. The number of hydroxylamine groups is 1. The van der Waals surface area contributed by atoms with E-state index < -0.39 is 0 Å². The van der Waals surface area contributed by atoms with Gasteiger partial charge in [0.05, 0.1) is 13.7 Å². The highest BCUT2D eigenvalue weighted by Gasteiger charge is 1.84. The molecule has 1 heterocycles. The Morgan fingerprint density at radius 2 is 2.64 bits per heavy atom. The largest absolute Gasteiger partial charge is 0.280 e. The lowest BCUT2D eigenvalue weighted by molar-refractivity contribution is 0.128. The molecule has 1 aromatic rings. The third-order valence-corrected chi connectivity index (χ3v) is 0.988. The number of aromatic nitrogens is 4. The fraction of sp³-hybridized carbons (Fsp3) is 0.400. The molecular formula is C5H9N5O. The lowest BCUT2D eigenvalue weighted by atomic mass is 10.6. The van der Waals surface area contributed by atoms with E-state index in [0.717, 1.165) is 0 Å². The predicted molar refractivity (Wildman–Crippen MR) is 37.1 cm³/mol. The minimum Gasteiger partial charge on any atom is -0.280 e. The number of nitrogens with one attached hydrogen (secondary N) is 1. The van der Waals surface area contributed by atoms with Crippen LogP contribution >= 0.6 is 0 Å². The van der Waals surface area contributed by atoms with Crippen molar-refractivity contribution in [2.24, 2.45) is 0 Å². The molecular weight excluding hydrogens is 146 g/mol. The summed E-state index contributed by atoms with van der Waals surface area (Å²) < 4.78 is 1.59.